The molecule has 1 aromatic heterocycles. The first kappa shape index (κ1) is 13.7. The number of hydrogen-bond acceptors (Lipinski definition) is 4. The second-order valence-corrected chi connectivity index (χ2v) is 3.68. The van der Waals surface area contributed by atoms with Gasteiger partial charge in [-0.25, -0.2) is 4.98 Å². The van der Waals surface area contributed by atoms with Crippen molar-refractivity contribution in [1.29, 1.82) is 5.26 Å². The molecule has 0 amide bonds. The molecule has 7 heteroatoms. The zero-order valence-electron chi connectivity index (χ0n) is 9.98. The molecular formula is C13H8F3N3O. The van der Waals surface area contributed by atoms with Crippen LogP contribution in [0.5, 0.6) is 5.75 Å². The fourth-order valence-electron chi connectivity index (χ4n) is 1.52. The van der Waals surface area contributed by atoms with Gasteiger partial charge in [-0.1, -0.05) is 12.1 Å². The zero-order chi connectivity index (χ0) is 14.6. The molecule has 102 valence electrons. The molecule has 0 bridgehead atoms. The summed E-state index contributed by atoms with van der Waals surface area (Å²) in [5.41, 5.74) is 0.469. The molecule has 0 radical (unpaired) electrons. The Morgan fingerprint density at radius 3 is 2.50 bits per heavy atom. The van der Waals surface area contributed by atoms with Crippen molar-refractivity contribution in [3.63, 3.8) is 0 Å². The molecule has 0 aliphatic heterocycles. The Hall–Kier alpha value is -2.75. The van der Waals surface area contributed by atoms with E-state index in [1.807, 2.05) is 6.07 Å². The van der Waals surface area contributed by atoms with Crippen LogP contribution in [-0.4, -0.2) is 11.3 Å². The summed E-state index contributed by atoms with van der Waals surface area (Å²) in [7, 11) is 0. The average molecular weight is 279 g/mol. The minimum Gasteiger partial charge on any atom is -0.404 e. The first-order chi connectivity index (χ1) is 9.49. The Morgan fingerprint density at radius 2 is 1.80 bits per heavy atom. The van der Waals surface area contributed by atoms with E-state index in [2.05, 4.69) is 15.0 Å². The van der Waals surface area contributed by atoms with Crippen LogP contribution in [0.25, 0.3) is 0 Å². The number of anilines is 2. The number of nitriles is 1. The highest BCUT2D eigenvalue weighted by Crippen LogP contribution is 2.32. The maximum Gasteiger partial charge on any atom is 0.573 e. The fourth-order valence-corrected chi connectivity index (χ4v) is 1.52. The van der Waals surface area contributed by atoms with Gasteiger partial charge in [0.1, 0.15) is 6.07 Å². The van der Waals surface area contributed by atoms with Gasteiger partial charge in [0, 0.05) is 6.20 Å². The van der Waals surface area contributed by atoms with Crippen LogP contribution in [0.3, 0.4) is 0 Å². The van der Waals surface area contributed by atoms with Crippen LogP contribution < -0.4 is 10.1 Å². The van der Waals surface area contributed by atoms with Crippen molar-refractivity contribution in [2.75, 3.05) is 5.32 Å². The molecule has 0 aliphatic rings. The molecule has 2 rings (SSSR count). The summed E-state index contributed by atoms with van der Waals surface area (Å²) < 4.78 is 40.8. The van der Waals surface area contributed by atoms with Gasteiger partial charge in [-0.2, -0.15) is 5.26 Å². The lowest BCUT2D eigenvalue weighted by Gasteiger charge is -2.14. The number of nitrogens with one attached hydrogen (secondary N) is 1. The van der Waals surface area contributed by atoms with Crippen LogP contribution in [0.15, 0.2) is 42.6 Å². The minimum atomic E-state index is -4.79. The highest BCUT2D eigenvalue weighted by molar-refractivity contribution is 5.69. The first-order valence-corrected chi connectivity index (χ1v) is 5.46. The molecule has 0 fully saturated rings. The Labute approximate surface area is 112 Å². The van der Waals surface area contributed by atoms with E-state index in [1.165, 1.54) is 30.5 Å². The molecule has 1 N–H and O–H groups in total. The standard InChI is InChI=1S/C13H8F3N3O/c14-13(15,16)20-12-6-2-1-4-10(12)19-9-5-3-7-18-11(9)8-17/h1-7,19H. The van der Waals surface area contributed by atoms with Gasteiger partial charge in [-0.15, -0.1) is 13.2 Å². The number of pyridine rings is 1. The van der Waals surface area contributed by atoms with E-state index < -0.39 is 6.36 Å². The third kappa shape index (κ3) is 3.38. The Bertz CT molecular complexity index is 650. The van der Waals surface area contributed by atoms with Crippen LogP contribution in [0.1, 0.15) is 5.69 Å². The third-order valence-electron chi connectivity index (χ3n) is 2.30. The summed E-state index contributed by atoms with van der Waals surface area (Å²) >= 11 is 0. The van der Waals surface area contributed by atoms with Crippen molar-refractivity contribution in [3.8, 4) is 11.8 Å². The van der Waals surface area contributed by atoms with Crippen molar-refractivity contribution in [3.05, 3.63) is 48.3 Å². The number of hydrogen-bond donors (Lipinski definition) is 1. The average Bonchev–Trinajstić information content (AvgIpc) is 2.40. The summed E-state index contributed by atoms with van der Waals surface area (Å²) in [5.74, 6) is -0.382. The van der Waals surface area contributed by atoms with Crippen LogP contribution in [-0.2, 0) is 0 Å². The van der Waals surface area contributed by atoms with Crippen molar-refractivity contribution in [1.82, 2.24) is 4.98 Å². The van der Waals surface area contributed by atoms with E-state index in [4.69, 9.17) is 5.26 Å². The second-order valence-electron chi connectivity index (χ2n) is 3.68. The molecule has 0 saturated carbocycles. The number of para-hydroxylation sites is 2. The number of halogens is 3. The zero-order valence-corrected chi connectivity index (χ0v) is 9.98. The van der Waals surface area contributed by atoms with E-state index >= 15 is 0 Å². The Balaban J connectivity index is 2.32. The number of ether oxygens (including phenoxy) is 1. The maximum absolute atomic E-state index is 12.3. The lowest BCUT2D eigenvalue weighted by molar-refractivity contribution is -0.274. The molecule has 0 saturated heterocycles. The van der Waals surface area contributed by atoms with Gasteiger partial charge in [0.25, 0.3) is 0 Å². The fraction of sp³-hybridized carbons (Fsp3) is 0.0769. The normalized spacial score (nSPS) is 10.7. The van der Waals surface area contributed by atoms with Gasteiger partial charge in [-0.05, 0) is 24.3 Å². The minimum absolute atomic E-state index is 0.0781. The number of alkyl halides is 3. The van der Waals surface area contributed by atoms with Crippen LogP contribution in [0, 0.1) is 11.3 Å². The topological polar surface area (TPSA) is 57.9 Å². The molecule has 0 unspecified atom stereocenters. The van der Waals surface area contributed by atoms with Crippen LogP contribution >= 0.6 is 0 Å². The number of benzene rings is 1. The van der Waals surface area contributed by atoms with Gasteiger partial charge >= 0.3 is 6.36 Å². The van der Waals surface area contributed by atoms with Crippen molar-refractivity contribution in [2.24, 2.45) is 0 Å². The molecule has 4 nitrogen and oxygen atoms in total. The van der Waals surface area contributed by atoms with E-state index in [1.54, 1.807) is 12.1 Å². The summed E-state index contributed by atoms with van der Waals surface area (Å²) in [6, 6.07) is 10.5. The number of aromatic nitrogens is 1. The van der Waals surface area contributed by atoms with Crippen molar-refractivity contribution in [2.45, 2.75) is 6.36 Å². The summed E-state index contributed by atoms with van der Waals surface area (Å²) in [6.07, 6.45) is -3.37. The SMILES string of the molecule is N#Cc1ncccc1Nc1ccccc1OC(F)(F)F. The number of nitrogens with zero attached hydrogens (tertiary/aromatic N) is 2. The summed E-state index contributed by atoms with van der Waals surface area (Å²) in [6.45, 7) is 0. The van der Waals surface area contributed by atoms with Crippen LogP contribution in [0.4, 0.5) is 24.5 Å². The van der Waals surface area contributed by atoms with E-state index in [9.17, 15) is 13.2 Å². The largest absolute Gasteiger partial charge is 0.573 e. The van der Waals surface area contributed by atoms with Gasteiger partial charge in [0.2, 0.25) is 0 Å². The van der Waals surface area contributed by atoms with Gasteiger partial charge < -0.3 is 10.1 Å². The predicted octanol–water partition coefficient (Wildman–Crippen LogP) is 3.60. The molecule has 2 aromatic rings. The maximum atomic E-state index is 12.3. The smallest absolute Gasteiger partial charge is 0.404 e. The molecule has 1 aromatic carbocycles. The van der Waals surface area contributed by atoms with Gasteiger partial charge in [-0.3, -0.25) is 0 Å². The van der Waals surface area contributed by atoms with Crippen molar-refractivity contribution >= 4 is 11.4 Å². The highest BCUT2D eigenvalue weighted by atomic mass is 19.4. The molecule has 0 atom stereocenters. The van der Waals surface area contributed by atoms with E-state index in [0.717, 1.165) is 0 Å². The van der Waals surface area contributed by atoms with Gasteiger partial charge in [0.05, 0.1) is 11.4 Å². The van der Waals surface area contributed by atoms with Crippen LogP contribution in [0.2, 0.25) is 0 Å². The monoisotopic (exact) mass is 279 g/mol. The molecule has 1 heterocycles. The molecular weight excluding hydrogens is 271 g/mol. The summed E-state index contributed by atoms with van der Waals surface area (Å²) in [4.78, 5) is 3.81. The molecule has 0 aliphatic carbocycles. The lowest BCUT2D eigenvalue weighted by Crippen LogP contribution is -2.17. The van der Waals surface area contributed by atoms with E-state index in [0.29, 0.717) is 5.69 Å². The first-order valence-electron chi connectivity index (χ1n) is 5.46. The second kappa shape index (κ2) is 5.48. The van der Waals surface area contributed by atoms with E-state index in [-0.39, 0.29) is 17.1 Å². The summed E-state index contributed by atoms with van der Waals surface area (Å²) in [5, 5.41) is 11.6. The highest BCUT2D eigenvalue weighted by Gasteiger charge is 2.32. The lowest BCUT2D eigenvalue weighted by atomic mass is 10.2. The third-order valence-corrected chi connectivity index (χ3v) is 2.30. The quantitative estimate of drug-likeness (QED) is 0.932. The van der Waals surface area contributed by atoms with Crippen molar-refractivity contribution < 1.29 is 17.9 Å². The molecule has 20 heavy (non-hydrogen) atoms. The Morgan fingerprint density at radius 1 is 1.10 bits per heavy atom. The predicted molar refractivity (Wildman–Crippen MR) is 65.4 cm³/mol. The van der Waals surface area contributed by atoms with Gasteiger partial charge in [0.15, 0.2) is 11.4 Å². The molecule has 0 spiro atoms. The number of rotatable bonds is 3. The Kier molecular flexibility index (Phi) is 3.75.